The number of benzene rings is 2. The number of rotatable bonds is 5. The number of piperidine rings is 1. The molecule has 180 valence electrons. The van der Waals surface area contributed by atoms with Crippen molar-refractivity contribution in [2.75, 3.05) is 30.4 Å². The molecule has 2 aromatic carbocycles. The Morgan fingerprint density at radius 3 is 2.59 bits per heavy atom. The standard InChI is InChI=1S/C24H25ClF2N4O3/c1-14(28-19-7-5-4-6-16(19)22(33)34-3)17-12-15(25)13-18-20(17)29-23(30(2)21(18)32)31-10-8-24(26,27)9-11-31/h4-7,12-14,28H,8-11H2,1-3H3/t14-/m1/s1. The van der Waals surface area contributed by atoms with E-state index in [2.05, 4.69) is 5.32 Å². The van der Waals surface area contributed by atoms with Gasteiger partial charge < -0.3 is 15.0 Å². The molecule has 0 amide bonds. The molecule has 0 radical (unpaired) electrons. The van der Waals surface area contributed by atoms with Crippen molar-refractivity contribution in [3.05, 3.63) is 62.9 Å². The molecule has 1 atom stereocenters. The summed E-state index contributed by atoms with van der Waals surface area (Å²) in [5.74, 6) is -2.86. The first-order valence-corrected chi connectivity index (χ1v) is 11.3. The number of halogens is 3. The number of hydrogen-bond donors (Lipinski definition) is 1. The number of fused-ring (bicyclic) bond motifs is 1. The normalized spacial score (nSPS) is 16.4. The number of anilines is 2. The first-order chi connectivity index (χ1) is 16.1. The second-order valence-corrected chi connectivity index (χ2v) is 8.85. The number of nitrogens with one attached hydrogen (secondary N) is 1. The van der Waals surface area contributed by atoms with Gasteiger partial charge in [0.15, 0.2) is 0 Å². The minimum absolute atomic E-state index is 0.0992. The van der Waals surface area contributed by atoms with Crippen LogP contribution in [0.25, 0.3) is 10.9 Å². The minimum atomic E-state index is -2.71. The number of esters is 1. The summed E-state index contributed by atoms with van der Waals surface area (Å²) in [6, 6.07) is 9.79. The van der Waals surface area contributed by atoms with Crippen LogP contribution in [-0.4, -0.2) is 41.6 Å². The van der Waals surface area contributed by atoms with Crippen molar-refractivity contribution >= 4 is 40.1 Å². The number of methoxy groups -OCH3 is 1. The Bertz CT molecular complexity index is 1300. The molecule has 1 aliphatic heterocycles. The summed E-state index contributed by atoms with van der Waals surface area (Å²) >= 11 is 6.35. The average Bonchev–Trinajstić information content (AvgIpc) is 2.81. The molecule has 2 heterocycles. The van der Waals surface area contributed by atoms with Crippen molar-refractivity contribution < 1.29 is 18.3 Å². The maximum atomic E-state index is 13.7. The zero-order valence-corrected chi connectivity index (χ0v) is 19.8. The third-order valence-electron chi connectivity index (χ3n) is 6.10. The molecule has 1 N–H and O–H groups in total. The maximum Gasteiger partial charge on any atom is 0.339 e. The van der Waals surface area contributed by atoms with E-state index in [-0.39, 0.29) is 31.5 Å². The van der Waals surface area contributed by atoms with E-state index in [4.69, 9.17) is 21.3 Å². The lowest BCUT2D eigenvalue weighted by atomic mass is 10.0. The number of aromatic nitrogens is 2. The van der Waals surface area contributed by atoms with Gasteiger partial charge in [0, 0.05) is 49.3 Å². The molecule has 0 aliphatic carbocycles. The third kappa shape index (κ3) is 4.57. The Morgan fingerprint density at radius 2 is 1.91 bits per heavy atom. The van der Waals surface area contributed by atoms with Crippen molar-refractivity contribution in [2.24, 2.45) is 7.05 Å². The lowest BCUT2D eigenvalue weighted by Gasteiger charge is -2.33. The largest absolute Gasteiger partial charge is 0.465 e. The molecule has 1 aliphatic rings. The first kappa shape index (κ1) is 23.9. The van der Waals surface area contributed by atoms with E-state index in [1.54, 1.807) is 48.3 Å². The summed E-state index contributed by atoms with van der Waals surface area (Å²) in [6.07, 6.45) is -0.590. The molecule has 7 nitrogen and oxygen atoms in total. The van der Waals surface area contributed by atoms with Crippen LogP contribution in [0.5, 0.6) is 0 Å². The summed E-state index contributed by atoms with van der Waals surface area (Å²) in [5, 5.41) is 3.97. The fourth-order valence-electron chi connectivity index (χ4n) is 4.21. The molecule has 4 rings (SSSR count). The van der Waals surface area contributed by atoms with Gasteiger partial charge in [-0.15, -0.1) is 0 Å². The number of para-hydroxylation sites is 1. The Morgan fingerprint density at radius 1 is 1.24 bits per heavy atom. The lowest BCUT2D eigenvalue weighted by Crippen LogP contribution is -2.42. The topological polar surface area (TPSA) is 76.5 Å². The number of carbonyl (C=O) groups excluding carboxylic acids is 1. The molecule has 0 spiro atoms. The molecule has 0 bridgehead atoms. The van der Waals surface area contributed by atoms with E-state index >= 15 is 0 Å². The molecule has 3 aromatic rings. The van der Waals surface area contributed by atoms with Crippen LogP contribution in [0.3, 0.4) is 0 Å². The Labute approximate surface area is 200 Å². The van der Waals surface area contributed by atoms with Gasteiger partial charge >= 0.3 is 5.97 Å². The van der Waals surface area contributed by atoms with E-state index in [9.17, 15) is 18.4 Å². The quantitative estimate of drug-likeness (QED) is 0.519. The molecule has 1 fully saturated rings. The van der Waals surface area contributed by atoms with Gasteiger partial charge in [-0.25, -0.2) is 18.6 Å². The van der Waals surface area contributed by atoms with Crippen LogP contribution in [0, 0.1) is 0 Å². The summed E-state index contributed by atoms with van der Waals surface area (Å²) in [6.45, 7) is 2.06. The molecule has 1 saturated heterocycles. The zero-order valence-electron chi connectivity index (χ0n) is 19.1. The predicted molar refractivity (Wildman–Crippen MR) is 128 cm³/mol. The summed E-state index contributed by atoms with van der Waals surface area (Å²) in [5.41, 5.74) is 1.67. The summed E-state index contributed by atoms with van der Waals surface area (Å²) in [7, 11) is 2.89. The predicted octanol–water partition coefficient (Wildman–Crippen LogP) is 4.78. The van der Waals surface area contributed by atoms with Crippen molar-refractivity contribution in [3.8, 4) is 0 Å². The van der Waals surface area contributed by atoms with Crippen LogP contribution >= 0.6 is 11.6 Å². The van der Waals surface area contributed by atoms with E-state index in [1.807, 2.05) is 6.92 Å². The highest BCUT2D eigenvalue weighted by Crippen LogP contribution is 2.33. The summed E-state index contributed by atoms with van der Waals surface area (Å²) in [4.78, 5) is 31.8. The first-order valence-electron chi connectivity index (χ1n) is 10.9. The molecule has 34 heavy (non-hydrogen) atoms. The Kier molecular flexibility index (Phi) is 6.49. The maximum absolute atomic E-state index is 13.7. The van der Waals surface area contributed by atoms with E-state index in [1.165, 1.54) is 11.7 Å². The Balaban J connectivity index is 1.78. The van der Waals surface area contributed by atoms with Gasteiger partial charge in [-0.3, -0.25) is 9.36 Å². The highest BCUT2D eigenvalue weighted by atomic mass is 35.5. The van der Waals surface area contributed by atoms with Crippen molar-refractivity contribution in [1.82, 2.24) is 9.55 Å². The molecular formula is C24H25ClF2N4O3. The van der Waals surface area contributed by atoms with E-state index < -0.39 is 17.9 Å². The highest BCUT2D eigenvalue weighted by molar-refractivity contribution is 6.31. The molecule has 10 heteroatoms. The van der Waals surface area contributed by atoms with Crippen LogP contribution in [-0.2, 0) is 11.8 Å². The van der Waals surface area contributed by atoms with Crippen molar-refractivity contribution in [2.45, 2.75) is 31.7 Å². The third-order valence-corrected chi connectivity index (χ3v) is 6.32. The lowest BCUT2D eigenvalue weighted by molar-refractivity contribution is -0.0223. The second-order valence-electron chi connectivity index (χ2n) is 8.41. The number of alkyl halides is 2. The number of ether oxygens (including phenoxy) is 1. The van der Waals surface area contributed by atoms with Crippen LogP contribution < -0.4 is 15.8 Å². The number of hydrogen-bond acceptors (Lipinski definition) is 6. The fourth-order valence-corrected chi connectivity index (χ4v) is 4.44. The number of nitrogens with zero attached hydrogens (tertiary/aromatic N) is 3. The van der Waals surface area contributed by atoms with Gasteiger partial charge in [0.1, 0.15) is 0 Å². The molecule has 0 saturated carbocycles. The molecule has 0 unspecified atom stereocenters. The number of carbonyl (C=O) groups is 1. The molecule has 1 aromatic heterocycles. The van der Waals surface area contributed by atoms with Gasteiger partial charge in [0.05, 0.1) is 29.6 Å². The fraction of sp³-hybridized carbons (Fsp3) is 0.375. The van der Waals surface area contributed by atoms with Crippen LogP contribution in [0.4, 0.5) is 20.4 Å². The summed E-state index contributed by atoms with van der Waals surface area (Å²) < 4.78 is 33.6. The SMILES string of the molecule is COC(=O)c1ccccc1N[C@H](C)c1cc(Cl)cc2c(=O)n(C)c(N3CCC(F)(F)CC3)nc12. The highest BCUT2D eigenvalue weighted by Gasteiger charge is 2.35. The van der Waals surface area contributed by atoms with Crippen molar-refractivity contribution in [1.29, 1.82) is 0 Å². The van der Waals surface area contributed by atoms with Crippen LogP contribution in [0.1, 0.15) is 41.7 Å². The minimum Gasteiger partial charge on any atom is -0.465 e. The van der Waals surface area contributed by atoms with Gasteiger partial charge in [-0.05, 0) is 31.2 Å². The van der Waals surface area contributed by atoms with Gasteiger partial charge in [0.2, 0.25) is 5.95 Å². The van der Waals surface area contributed by atoms with Crippen LogP contribution in [0.15, 0.2) is 41.2 Å². The smallest absolute Gasteiger partial charge is 0.339 e. The second kappa shape index (κ2) is 9.21. The monoisotopic (exact) mass is 490 g/mol. The van der Waals surface area contributed by atoms with Gasteiger partial charge in [0.25, 0.3) is 11.5 Å². The van der Waals surface area contributed by atoms with Gasteiger partial charge in [-0.2, -0.15) is 0 Å². The molecular weight excluding hydrogens is 466 g/mol. The van der Waals surface area contributed by atoms with Crippen molar-refractivity contribution in [3.63, 3.8) is 0 Å². The van der Waals surface area contributed by atoms with E-state index in [0.717, 1.165) is 0 Å². The zero-order chi connectivity index (χ0) is 24.6. The van der Waals surface area contributed by atoms with Gasteiger partial charge in [-0.1, -0.05) is 23.7 Å². The van der Waals surface area contributed by atoms with Crippen LogP contribution in [0.2, 0.25) is 5.02 Å². The Hall–Kier alpha value is -3.20. The average molecular weight is 491 g/mol. The van der Waals surface area contributed by atoms with E-state index in [0.29, 0.717) is 38.7 Å².